The minimum absolute atomic E-state index is 0.298. The van der Waals surface area contributed by atoms with Crippen molar-refractivity contribution in [3.63, 3.8) is 0 Å². The number of benzene rings is 1. The van der Waals surface area contributed by atoms with E-state index in [0.717, 1.165) is 21.1 Å². The van der Waals surface area contributed by atoms with Crippen LogP contribution in [0, 0.1) is 0 Å². The van der Waals surface area contributed by atoms with Gasteiger partial charge in [-0.15, -0.1) is 0 Å². The first-order valence-electron chi connectivity index (χ1n) is 4.61. The number of nitrogens with two attached hydrogens (primary N) is 1. The zero-order chi connectivity index (χ0) is 11.1. The van der Waals surface area contributed by atoms with Crippen molar-refractivity contribution in [1.29, 1.82) is 0 Å². The number of H-pyrrole nitrogens is 1. The van der Waals surface area contributed by atoms with Gasteiger partial charge in [0, 0.05) is 17.0 Å². The first-order valence-corrected chi connectivity index (χ1v) is 5.40. The molecule has 2 heterocycles. The second-order valence-corrected chi connectivity index (χ2v) is 4.14. The summed E-state index contributed by atoms with van der Waals surface area (Å²) < 4.78 is 5.69. The van der Waals surface area contributed by atoms with Crippen molar-refractivity contribution in [3.05, 3.63) is 28.9 Å². The first-order chi connectivity index (χ1) is 7.75. The van der Waals surface area contributed by atoms with Gasteiger partial charge in [0.1, 0.15) is 10.3 Å². The lowest BCUT2D eigenvalue weighted by Crippen LogP contribution is -1.79. The maximum atomic E-state index is 5.51. The molecular formula is C10H7BrN4O. The van der Waals surface area contributed by atoms with Crippen LogP contribution in [-0.4, -0.2) is 15.4 Å². The highest BCUT2D eigenvalue weighted by Crippen LogP contribution is 2.32. The van der Waals surface area contributed by atoms with Gasteiger partial charge in [0.05, 0.1) is 5.52 Å². The van der Waals surface area contributed by atoms with Crippen LogP contribution in [0.2, 0.25) is 0 Å². The maximum Gasteiger partial charge on any atom is 0.222 e. The predicted molar refractivity (Wildman–Crippen MR) is 63.7 cm³/mol. The van der Waals surface area contributed by atoms with E-state index in [1.807, 2.05) is 18.2 Å². The third kappa shape index (κ3) is 1.30. The summed E-state index contributed by atoms with van der Waals surface area (Å²) in [4.78, 5) is 0. The summed E-state index contributed by atoms with van der Waals surface area (Å²) >= 11 is 3.41. The number of aromatic amines is 1. The summed E-state index contributed by atoms with van der Waals surface area (Å²) in [6.45, 7) is 0. The van der Waals surface area contributed by atoms with Crippen molar-refractivity contribution in [2.75, 3.05) is 5.73 Å². The zero-order valence-corrected chi connectivity index (χ0v) is 9.65. The average molecular weight is 279 g/mol. The normalized spacial score (nSPS) is 11.1. The highest BCUT2D eigenvalue weighted by molar-refractivity contribution is 9.10. The SMILES string of the molecule is Nc1cc(-c2cccc3n[nH]c(Br)c23)no1. The van der Waals surface area contributed by atoms with Crippen LogP contribution in [-0.2, 0) is 0 Å². The molecule has 0 fully saturated rings. The Bertz CT molecular complexity index is 658. The maximum absolute atomic E-state index is 5.51. The molecule has 0 spiro atoms. The number of nitrogens with zero attached hydrogens (tertiary/aromatic N) is 2. The molecule has 0 atom stereocenters. The largest absolute Gasteiger partial charge is 0.368 e. The Hall–Kier alpha value is -1.82. The Kier molecular flexibility index (Phi) is 1.97. The van der Waals surface area contributed by atoms with Crippen molar-refractivity contribution < 1.29 is 4.52 Å². The van der Waals surface area contributed by atoms with Crippen LogP contribution in [0.3, 0.4) is 0 Å². The molecule has 80 valence electrons. The minimum Gasteiger partial charge on any atom is -0.368 e. The molecule has 1 aromatic carbocycles. The summed E-state index contributed by atoms with van der Waals surface area (Å²) in [5.74, 6) is 0.298. The molecule has 0 unspecified atom stereocenters. The number of aromatic nitrogens is 3. The third-order valence-electron chi connectivity index (χ3n) is 2.34. The van der Waals surface area contributed by atoms with Gasteiger partial charge in [-0.2, -0.15) is 5.10 Å². The Morgan fingerprint density at radius 3 is 3.00 bits per heavy atom. The first kappa shape index (κ1) is 9.41. The molecular weight excluding hydrogens is 272 g/mol. The monoisotopic (exact) mass is 278 g/mol. The minimum atomic E-state index is 0.298. The van der Waals surface area contributed by atoms with E-state index in [1.165, 1.54) is 0 Å². The second kappa shape index (κ2) is 3.34. The molecule has 0 radical (unpaired) electrons. The number of hydrogen-bond donors (Lipinski definition) is 2. The second-order valence-electron chi connectivity index (χ2n) is 3.35. The zero-order valence-electron chi connectivity index (χ0n) is 8.07. The van der Waals surface area contributed by atoms with E-state index in [1.54, 1.807) is 6.07 Å². The van der Waals surface area contributed by atoms with E-state index in [2.05, 4.69) is 31.3 Å². The number of nitrogens with one attached hydrogen (secondary N) is 1. The van der Waals surface area contributed by atoms with Crippen molar-refractivity contribution >= 4 is 32.7 Å². The Morgan fingerprint density at radius 2 is 2.25 bits per heavy atom. The smallest absolute Gasteiger partial charge is 0.222 e. The molecule has 0 aliphatic heterocycles. The number of nitrogen functional groups attached to an aromatic ring is 1. The number of halogens is 1. The Labute approximate surface area is 98.7 Å². The van der Waals surface area contributed by atoms with Gasteiger partial charge in [0.15, 0.2) is 0 Å². The molecule has 6 heteroatoms. The molecule has 2 aromatic heterocycles. The van der Waals surface area contributed by atoms with Crippen molar-refractivity contribution in [2.45, 2.75) is 0 Å². The van der Waals surface area contributed by atoms with Gasteiger partial charge < -0.3 is 10.3 Å². The van der Waals surface area contributed by atoms with Crippen molar-refractivity contribution in [3.8, 4) is 11.3 Å². The summed E-state index contributed by atoms with van der Waals surface area (Å²) in [7, 11) is 0. The van der Waals surface area contributed by atoms with Crippen LogP contribution in [0.1, 0.15) is 0 Å². The summed E-state index contributed by atoms with van der Waals surface area (Å²) in [6, 6.07) is 7.47. The van der Waals surface area contributed by atoms with Crippen LogP contribution in [0.4, 0.5) is 5.88 Å². The van der Waals surface area contributed by atoms with Gasteiger partial charge in [-0.05, 0) is 22.0 Å². The summed E-state index contributed by atoms with van der Waals surface area (Å²) in [5.41, 5.74) is 8.00. The van der Waals surface area contributed by atoms with E-state index in [4.69, 9.17) is 10.3 Å². The predicted octanol–water partition coefficient (Wildman–Crippen LogP) is 2.56. The lowest BCUT2D eigenvalue weighted by atomic mass is 10.1. The van der Waals surface area contributed by atoms with Crippen LogP contribution in [0.25, 0.3) is 22.2 Å². The molecule has 5 nitrogen and oxygen atoms in total. The van der Waals surface area contributed by atoms with E-state index in [-0.39, 0.29) is 0 Å². The fraction of sp³-hybridized carbons (Fsp3) is 0. The van der Waals surface area contributed by atoms with Crippen molar-refractivity contribution in [1.82, 2.24) is 15.4 Å². The summed E-state index contributed by atoms with van der Waals surface area (Å²) in [6.07, 6.45) is 0. The molecule has 16 heavy (non-hydrogen) atoms. The van der Waals surface area contributed by atoms with Crippen molar-refractivity contribution in [2.24, 2.45) is 0 Å². The molecule has 3 rings (SSSR count). The Morgan fingerprint density at radius 1 is 1.38 bits per heavy atom. The lowest BCUT2D eigenvalue weighted by molar-refractivity contribution is 0.439. The van der Waals surface area contributed by atoms with E-state index in [9.17, 15) is 0 Å². The number of hydrogen-bond acceptors (Lipinski definition) is 4. The molecule has 0 bridgehead atoms. The fourth-order valence-electron chi connectivity index (χ4n) is 1.66. The topological polar surface area (TPSA) is 80.7 Å². The lowest BCUT2D eigenvalue weighted by Gasteiger charge is -1.97. The number of fused-ring (bicyclic) bond motifs is 1. The average Bonchev–Trinajstić information content (AvgIpc) is 2.86. The van der Waals surface area contributed by atoms with Crippen LogP contribution in [0.5, 0.6) is 0 Å². The van der Waals surface area contributed by atoms with Crippen LogP contribution in [0.15, 0.2) is 33.4 Å². The van der Waals surface area contributed by atoms with Gasteiger partial charge in [-0.3, -0.25) is 5.10 Å². The van der Waals surface area contributed by atoms with Crippen LogP contribution < -0.4 is 5.73 Å². The fourth-order valence-corrected chi connectivity index (χ4v) is 2.16. The van der Waals surface area contributed by atoms with Crippen LogP contribution >= 0.6 is 15.9 Å². The molecule has 0 saturated heterocycles. The standard InChI is InChI=1S/C10H7BrN4O/c11-10-9-5(7-4-8(12)16-15-7)2-1-3-6(9)13-14-10/h1-4H,12H2,(H,13,14). The molecule has 0 amide bonds. The highest BCUT2D eigenvalue weighted by atomic mass is 79.9. The van der Waals surface area contributed by atoms with E-state index in [0.29, 0.717) is 11.6 Å². The van der Waals surface area contributed by atoms with E-state index < -0.39 is 0 Å². The summed E-state index contributed by atoms with van der Waals surface area (Å²) in [5, 5.41) is 11.9. The van der Waals surface area contributed by atoms with Gasteiger partial charge in [0.2, 0.25) is 5.88 Å². The highest BCUT2D eigenvalue weighted by Gasteiger charge is 2.12. The Balaban J connectivity index is 2.34. The van der Waals surface area contributed by atoms with E-state index >= 15 is 0 Å². The number of rotatable bonds is 1. The molecule has 3 aromatic rings. The van der Waals surface area contributed by atoms with Gasteiger partial charge in [-0.25, -0.2) is 0 Å². The van der Waals surface area contributed by atoms with Gasteiger partial charge in [-0.1, -0.05) is 17.3 Å². The molecule has 0 aliphatic rings. The molecule has 3 N–H and O–H groups in total. The third-order valence-corrected chi connectivity index (χ3v) is 2.91. The molecule has 0 saturated carbocycles. The molecule has 0 aliphatic carbocycles. The quantitative estimate of drug-likeness (QED) is 0.717. The number of anilines is 1. The van der Waals surface area contributed by atoms with Gasteiger partial charge >= 0.3 is 0 Å². The van der Waals surface area contributed by atoms with Gasteiger partial charge in [0.25, 0.3) is 0 Å².